The molecule has 1 aromatic rings. The maximum Gasteiger partial charge on any atom is 0.318 e. The van der Waals surface area contributed by atoms with E-state index in [1.165, 1.54) is 12.1 Å². The Balaban J connectivity index is 2.70. The molecule has 1 aromatic carbocycles. The fourth-order valence-corrected chi connectivity index (χ4v) is 1.14. The highest BCUT2D eigenvalue weighted by Crippen LogP contribution is 2.17. The molecule has 0 atom stereocenters. The van der Waals surface area contributed by atoms with Gasteiger partial charge in [-0.3, -0.25) is 10.1 Å². The molecule has 0 aliphatic rings. The van der Waals surface area contributed by atoms with E-state index in [0.717, 1.165) is 6.07 Å². The van der Waals surface area contributed by atoms with Crippen molar-refractivity contribution in [3.63, 3.8) is 0 Å². The van der Waals surface area contributed by atoms with E-state index in [9.17, 15) is 14.0 Å². The number of rotatable bonds is 3. The molecule has 0 saturated carbocycles. The van der Waals surface area contributed by atoms with Crippen LogP contribution >= 0.6 is 0 Å². The van der Waals surface area contributed by atoms with Crippen molar-refractivity contribution in [3.8, 4) is 6.07 Å². The summed E-state index contributed by atoms with van der Waals surface area (Å²) in [7, 11) is 0. The second-order valence-corrected chi connectivity index (χ2v) is 3.04. The second kappa shape index (κ2) is 5.46. The Labute approximate surface area is 96.2 Å². The fraction of sp³-hybridized carbons (Fsp3) is 0.100. The van der Waals surface area contributed by atoms with Crippen LogP contribution in [0.25, 0.3) is 0 Å². The van der Waals surface area contributed by atoms with Gasteiger partial charge in [0.1, 0.15) is 17.4 Å². The van der Waals surface area contributed by atoms with E-state index in [4.69, 9.17) is 11.0 Å². The van der Waals surface area contributed by atoms with E-state index in [2.05, 4.69) is 5.32 Å². The van der Waals surface area contributed by atoms with E-state index in [1.54, 1.807) is 6.07 Å². The molecule has 0 fully saturated rings. The van der Waals surface area contributed by atoms with Gasteiger partial charge in [-0.05, 0) is 12.1 Å². The van der Waals surface area contributed by atoms with E-state index in [-0.39, 0.29) is 17.8 Å². The molecule has 0 unspecified atom stereocenters. The summed E-state index contributed by atoms with van der Waals surface area (Å²) in [6.07, 6.45) is 0. The molecule has 0 heterocycles. The topological polar surface area (TPSA) is 108 Å². The number of benzene rings is 1. The average molecular weight is 236 g/mol. The van der Waals surface area contributed by atoms with Crippen LogP contribution in [0.1, 0.15) is 5.56 Å². The normalized spacial score (nSPS) is 9.18. The number of nitrogens with two attached hydrogens (primary N) is 1. The van der Waals surface area contributed by atoms with Gasteiger partial charge >= 0.3 is 6.03 Å². The lowest BCUT2D eigenvalue weighted by Crippen LogP contribution is -2.38. The van der Waals surface area contributed by atoms with Crippen LogP contribution in [-0.4, -0.2) is 18.5 Å². The van der Waals surface area contributed by atoms with Crippen LogP contribution in [-0.2, 0) is 4.79 Å². The molecule has 0 radical (unpaired) electrons. The van der Waals surface area contributed by atoms with Crippen molar-refractivity contribution in [2.45, 2.75) is 0 Å². The number of hydrogen-bond donors (Lipinski definition) is 3. The van der Waals surface area contributed by atoms with Crippen molar-refractivity contribution in [3.05, 3.63) is 29.6 Å². The lowest BCUT2D eigenvalue weighted by Gasteiger charge is -2.07. The minimum absolute atomic E-state index is 0.173. The Morgan fingerprint density at radius 1 is 1.47 bits per heavy atom. The van der Waals surface area contributed by atoms with Gasteiger partial charge in [-0.1, -0.05) is 6.07 Å². The maximum atomic E-state index is 13.1. The number of anilines is 1. The third-order valence-corrected chi connectivity index (χ3v) is 1.83. The van der Waals surface area contributed by atoms with Gasteiger partial charge in [0, 0.05) is 0 Å². The number of amides is 3. The molecule has 0 aliphatic carbocycles. The molecular weight excluding hydrogens is 227 g/mol. The minimum atomic E-state index is -0.975. The van der Waals surface area contributed by atoms with E-state index >= 15 is 0 Å². The van der Waals surface area contributed by atoms with Crippen molar-refractivity contribution in [1.29, 1.82) is 5.26 Å². The van der Waals surface area contributed by atoms with Gasteiger partial charge in [0.15, 0.2) is 0 Å². The van der Waals surface area contributed by atoms with Crippen molar-refractivity contribution >= 4 is 17.6 Å². The maximum absolute atomic E-state index is 13.1. The molecule has 6 nitrogen and oxygen atoms in total. The Morgan fingerprint density at radius 3 is 2.76 bits per heavy atom. The zero-order chi connectivity index (χ0) is 12.8. The third kappa shape index (κ3) is 3.46. The molecule has 0 aliphatic heterocycles. The van der Waals surface area contributed by atoms with Gasteiger partial charge in [-0.2, -0.15) is 5.26 Å². The summed E-state index contributed by atoms with van der Waals surface area (Å²) in [4.78, 5) is 21.4. The molecule has 0 aromatic heterocycles. The quantitative estimate of drug-likeness (QED) is 0.701. The van der Waals surface area contributed by atoms with Crippen LogP contribution in [0.5, 0.6) is 0 Å². The number of nitriles is 1. The van der Waals surface area contributed by atoms with E-state index in [1.807, 2.05) is 5.32 Å². The SMILES string of the molecule is N#Cc1c(F)cccc1NCC(=O)NC(N)=O. The van der Waals surface area contributed by atoms with Crippen LogP contribution in [0.2, 0.25) is 0 Å². The number of primary amides is 1. The molecule has 17 heavy (non-hydrogen) atoms. The highest BCUT2D eigenvalue weighted by atomic mass is 19.1. The van der Waals surface area contributed by atoms with Gasteiger partial charge in [0.2, 0.25) is 5.91 Å². The molecule has 3 amide bonds. The molecular formula is C10H9FN4O2. The van der Waals surface area contributed by atoms with Crippen molar-refractivity contribution in [2.24, 2.45) is 5.73 Å². The summed E-state index contributed by atoms with van der Waals surface area (Å²) in [5.74, 6) is -1.36. The Kier molecular flexibility index (Phi) is 4.00. The lowest BCUT2D eigenvalue weighted by atomic mass is 10.2. The van der Waals surface area contributed by atoms with E-state index < -0.39 is 17.8 Å². The van der Waals surface area contributed by atoms with Crippen LogP contribution in [0, 0.1) is 17.1 Å². The Bertz CT molecular complexity index is 496. The molecule has 0 spiro atoms. The average Bonchev–Trinajstić information content (AvgIpc) is 2.25. The van der Waals surface area contributed by atoms with Gasteiger partial charge < -0.3 is 11.1 Å². The molecule has 0 saturated heterocycles. The third-order valence-electron chi connectivity index (χ3n) is 1.83. The standard InChI is InChI=1S/C10H9FN4O2/c11-7-2-1-3-8(6(7)4-12)14-5-9(16)15-10(13)17/h1-3,14H,5H2,(H3,13,15,16,17). The molecule has 7 heteroatoms. The summed E-state index contributed by atoms with van der Waals surface area (Å²) in [5, 5.41) is 13.1. The number of halogens is 1. The number of urea groups is 1. The predicted octanol–water partition coefficient (Wildman–Crippen LogP) is 0.304. The summed E-state index contributed by atoms with van der Waals surface area (Å²) in [6, 6.07) is 4.66. The zero-order valence-electron chi connectivity index (χ0n) is 8.66. The fourth-order valence-electron chi connectivity index (χ4n) is 1.14. The summed E-state index contributed by atoms with van der Waals surface area (Å²) in [6.45, 7) is -0.291. The van der Waals surface area contributed by atoms with Gasteiger partial charge in [0.05, 0.1) is 12.2 Å². The van der Waals surface area contributed by atoms with E-state index in [0.29, 0.717) is 0 Å². The number of carbonyl (C=O) groups excluding carboxylic acids is 2. The first kappa shape index (κ1) is 12.4. The summed E-state index contributed by atoms with van der Waals surface area (Å²) < 4.78 is 13.1. The lowest BCUT2D eigenvalue weighted by molar-refractivity contribution is -0.118. The van der Waals surface area contributed by atoms with Gasteiger partial charge in [-0.25, -0.2) is 9.18 Å². The summed E-state index contributed by atoms with van der Waals surface area (Å²) >= 11 is 0. The molecule has 4 N–H and O–H groups in total. The highest BCUT2D eigenvalue weighted by Gasteiger charge is 2.09. The second-order valence-electron chi connectivity index (χ2n) is 3.04. The highest BCUT2D eigenvalue weighted by molar-refractivity contribution is 5.95. The number of hydrogen-bond acceptors (Lipinski definition) is 4. The molecule has 1 rings (SSSR count). The zero-order valence-corrected chi connectivity index (χ0v) is 8.66. The Morgan fingerprint density at radius 2 is 2.18 bits per heavy atom. The minimum Gasteiger partial charge on any atom is -0.375 e. The number of nitrogens with one attached hydrogen (secondary N) is 2. The van der Waals surface area contributed by atoms with Gasteiger partial charge in [-0.15, -0.1) is 0 Å². The number of imide groups is 1. The number of carbonyl (C=O) groups is 2. The van der Waals surface area contributed by atoms with Crippen molar-refractivity contribution in [2.75, 3.05) is 11.9 Å². The number of nitrogens with zero attached hydrogens (tertiary/aromatic N) is 1. The van der Waals surface area contributed by atoms with Crippen LogP contribution < -0.4 is 16.4 Å². The molecule has 88 valence electrons. The monoisotopic (exact) mass is 236 g/mol. The van der Waals surface area contributed by atoms with Crippen LogP contribution in [0.15, 0.2) is 18.2 Å². The largest absolute Gasteiger partial charge is 0.375 e. The van der Waals surface area contributed by atoms with Crippen LogP contribution in [0.3, 0.4) is 0 Å². The van der Waals surface area contributed by atoms with Gasteiger partial charge in [0.25, 0.3) is 0 Å². The first-order chi connectivity index (χ1) is 8.04. The van der Waals surface area contributed by atoms with Crippen molar-refractivity contribution < 1.29 is 14.0 Å². The first-order valence-corrected chi connectivity index (χ1v) is 4.56. The summed E-state index contributed by atoms with van der Waals surface area (Å²) in [5.41, 5.74) is 4.71. The van der Waals surface area contributed by atoms with Crippen molar-refractivity contribution in [1.82, 2.24) is 5.32 Å². The van der Waals surface area contributed by atoms with Crippen LogP contribution in [0.4, 0.5) is 14.9 Å². The predicted molar refractivity (Wildman–Crippen MR) is 57.3 cm³/mol. The smallest absolute Gasteiger partial charge is 0.318 e. The molecule has 0 bridgehead atoms. The Hall–Kier alpha value is -2.62. The first-order valence-electron chi connectivity index (χ1n) is 4.56.